The third kappa shape index (κ3) is 2.89. The summed E-state index contributed by atoms with van der Waals surface area (Å²) >= 11 is 7.93. The van der Waals surface area contributed by atoms with Crippen LogP contribution in [0.1, 0.15) is 15.9 Å². The maximum atomic E-state index is 6.47. The summed E-state index contributed by atoms with van der Waals surface area (Å²) in [7, 11) is 1.61. The largest absolute Gasteiger partial charge is 0.494 e. The second-order valence-electron chi connectivity index (χ2n) is 4.29. The molecule has 1 unspecified atom stereocenters. The lowest BCUT2D eigenvalue weighted by molar-refractivity contribution is 0.414. The minimum atomic E-state index is -0.301. The maximum Gasteiger partial charge on any atom is 0.151 e. The molecule has 21 heavy (non-hydrogen) atoms. The molecule has 0 aliphatic carbocycles. The van der Waals surface area contributed by atoms with E-state index in [9.17, 15) is 0 Å². The highest BCUT2D eigenvalue weighted by atomic mass is 35.5. The fourth-order valence-electron chi connectivity index (χ4n) is 1.93. The average molecular weight is 318 g/mol. The van der Waals surface area contributed by atoms with E-state index in [1.54, 1.807) is 19.5 Å². The van der Waals surface area contributed by atoms with E-state index in [1.165, 1.54) is 11.3 Å². The van der Waals surface area contributed by atoms with Gasteiger partial charge in [-0.25, -0.2) is 0 Å². The first-order valence-electron chi connectivity index (χ1n) is 6.30. The highest BCUT2D eigenvalue weighted by molar-refractivity contribution is 7.15. The molecule has 2 aromatic heterocycles. The summed E-state index contributed by atoms with van der Waals surface area (Å²) in [6, 6.07) is 11.7. The van der Waals surface area contributed by atoms with E-state index in [-0.39, 0.29) is 5.38 Å². The Labute approximate surface area is 131 Å². The fourth-order valence-corrected chi connectivity index (χ4v) is 3.13. The van der Waals surface area contributed by atoms with Crippen LogP contribution in [0.25, 0.3) is 10.6 Å². The lowest BCUT2D eigenvalue weighted by atomic mass is 10.1. The topological polar surface area (TPSA) is 47.9 Å². The normalized spacial score (nSPS) is 12.1. The van der Waals surface area contributed by atoms with Crippen LogP contribution < -0.4 is 4.74 Å². The molecule has 0 aliphatic rings. The molecule has 4 nitrogen and oxygen atoms in total. The van der Waals surface area contributed by atoms with Crippen LogP contribution in [-0.4, -0.2) is 22.3 Å². The summed E-state index contributed by atoms with van der Waals surface area (Å²) in [4.78, 5) is 4.04. The minimum absolute atomic E-state index is 0.301. The van der Waals surface area contributed by atoms with Crippen LogP contribution in [0.3, 0.4) is 0 Å². The molecule has 3 aromatic rings. The monoisotopic (exact) mass is 317 g/mol. The van der Waals surface area contributed by atoms with Gasteiger partial charge < -0.3 is 4.74 Å². The average Bonchev–Trinajstić information content (AvgIpc) is 3.04. The second-order valence-corrected chi connectivity index (χ2v) is 5.74. The SMILES string of the molecule is COc1cnccc1-c1nnc(C(Cl)c2ccccc2)s1. The molecule has 0 saturated heterocycles. The van der Waals surface area contributed by atoms with Crippen molar-refractivity contribution in [2.45, 2.75) is 5.38 Å². The first kappa shape index (κ1) is 14.0. The Morgan fingerprint density at radius 3 is 2.71 bits per heavy atom. The molecule has 1 atom stereocenters. The Balaban J connectivity index is 1.93. The molecule has 0 radical (unpaired) electrons. The van der Waals surface area contributed by atoms with Crippen molar-refractivity contribution in [1.29, 1.82) is 0 Å². The second kappa shape index (κ2) is 6.20. The van der Waals surface area contributed by atoms with Crippen LogP contribution >= 0.6 is 22.9 Å². The number of benzene rings is 1. The summed E-state index contributed by atoms with van der Waals surface area (Å²) in [6.45, 7) is 0. The van der Waals surface area contributed by atoms with Gasteiger partial charge >= 0.3 is 0 Å². The molecule has 0 aliphatic heterocycles. The maximum absolute atomic E-state index is 6.47. The molecule has 106 valence electrons. The van der Waals surface area contributed by atoms with Crippen LogP contribution in [-0.2, 0) is 0 Å². The van der Waals surface area contributed by atoms with Crippen molar-refractivity contribution in [2.24, 2.45) is 0 Å². The summed E-state index contributed by atoms with van der Waals surface area (Å²) < 4.78 is 5.30. The molecule has 0 saturated carbocycles. The number of ether oxygens (including phenoxy) is 1. The lowest BCUT2D eigenvalue weighted by Crippen LogP contribution is -1.91. The van der Waals surface area contributed by atoms with Gasteiger partial charge in [-0.1, -0.05) is 41.7 Å². The molecule has 0 amide bonds. The summed E-state index contributed by atoms with van der Waals surface area (Å²) in [5.74, 6) is 0.672. The molecular formula is C15H12ClN3OS. The van der Waals surface area contributed by atoms with Gasteiger partial charge in [-0.3, -0.25) is 4.98 Å². The number of hydrogen-bond donors (Lipinski definition) is 0. The van der Waals surface area contributed by atoms with Crippen molar-refractivity contribution in [3.63, 3.8) is 0 Å². The molecule has 0 fully saturated rings. The molecular weight excluding hydrogens is 306 g/mol. The highest BCUT2D eigenvalue weighted by Gasteiger charge is 2.18. The van der Waals surface area contributed by atoms with Gasteiger partial charge in [0.25, 0.3) is 0 Å². The van der Waals surface area contributed by atoms with E-state index in [2.05, 4.69) is 15.2 Å². The number of rotatable bonds is 4. The van der Waals surface area contributed by atoms with Gasteiger partial charge in [0.1, 0.15) is 16.1 Å². The first-order chi connectivity index (χ1) is 10.3. The van der Waals surface area contributed by atoms with Crippen LogP contribution in [0, 0.1) is 0 Å². The summed E-state index contributed by atoms with van der Waals surface area (Å²) in [5, 5.41) is 9.65. The highest BCUT2D eigenvalue weighted by Crippen LogP contribution is 2.36. The van der Waals surface area contributed by atoms with Gasteiger partial charge in [-0.05, 0) is 11.6 Å². The Morgan fingerprint density at radius 2 is 1.95 bits per heavy atom. The smallest absolute Gasteiger partial charge is 0.151 e. The van der Waals surface area contributed by atoms with E-state index in [4.69, 9.17) is 16.3 Å². The molecule has 0 spiro atoms. The van der Waals surface area contributed by atoms with Gasteiger partial charge in [-0.15, -0.1) is 21.8 Å². The predicted molar refractivity (Wildman–Crippen MR) is 83.8 cm³/mol. The van der Waals surface area contributed by atoms with Gasteiger partial charge in [0.2, 0.25) is 0 Å². The quantitative estimate of drug-likeness (QED) is 0.684. The van der Waals surface area contributed by atoms with Crippen LogP contribution in [0.4, 0.5) is 0 Å². The van der Waals surface area contributed by atoms with Crippen LogP contribution in [0.15, 0.2) is 48.8 Å². The zero-order valence-corrected chi connectivity index (χ0v) is 12.8. The van der Waals surface area contributed by atoms with Crippen molar-refractivity contribution >= 4 is 22.9 Å². The van der Waals surface area contributed by atoms with E-state index >= 15 is 0 Å². The number of halogens is 1. The van der Waals surface area contributed by atoms with E-state index < -0.39 is 0 Å². The number of aromatic nitrogens is 3. The summed E-state index contributed by atoms with van der Waals surface area (Å²) in [5.41, 5.74) is 1.87. The fraction of sp³-hybridized carbons (Fsp3) is 0.133. The molecule has 2 heterocycles. The zero-order chi connectivity index (χ0) is 14.7. The Hall–Kier alpha value is -1.98. The van der Waals surface area contributed by atoms with Gasteiger partial charge in [-0.2, -0.15) is 0 Å². The Bertz CT molecular complexity index is 733. The Morgan fingerprint density at radius 1 is 1.14 bits per heavy atom. The van der Waals surface area contributed by atoms with Crippen molar-refractivity contribution in [3.8, 4) is 16.3 Å². The Kier molecular flexibility index (Phi) is 4.13. The standard InChI is InChI=1S/C15H12ClN3OS/c1-20-12-9-17-8-7-11(12)14-18-19-15(21-14)13(16)10-5-3-2-4-6-10/h2-9,13H,1H3. The van der Waals surface area contributed by atoms with Crippen molar-refractivity contribution < 1.29 is 4.74 Å². The predicted octanol–water partition coefficient (Wildman–Crippen LogP) is 3.94. The van der Waals surface area contributed by atoms with Crippen molar-refractivity contribution in [1.82, 2.24) is 15.2 Å². The van der Waals surface area contributed by atoms with E-state index in [1.807, 2.05) is 36.4 Å². The molecule has 6 heteroatoms. The molecule has 0 bridgehead atoms. The van der Waals surface area contributed by atoms with Crippen LogP contribution in [0.5, 0.6) is 5.75 Å². The van der Waals surface area contributed by atoms with Gasteiger partial charge in [0.05, 0.1) is 18.9 Å². The molecule has 3 rings (SSSR count). The minimum Gasteiger partial charge on any atom is -0.494 e. The van der Waals surface area contributed by atoms with Crippen LogP contribution in [0.2, 0.25) is 0 Å². The third-order valence-electron chi connectivity index (χ3n) is 2.98. The van der Waals surface area contributed by atoms with Gasteiger partial charge in [0.15, 0.2) is 5.01 Å². The number of hydrogen-bond acceptors (Lipinski definition) is 5. The van der Waals surface area contributed by atoms with Crippen molar-refractivity contribution in [3.05, 3.63) is 59.4 Å². The lowest BCUT2D eigenvalue weighted by Gasteiger charge is -2.05. The number of nitrogens with zero attached hydrogens (tertiary/aromatic N) is 3. The zero-order valence-electron chi connectivity index (χ0n) is 11.2. The van der Waals surface area contributed by atoms with E-state index in [0.29, 0.717) is 5.75 Å². The molecule has 1 aromatic carbocycles. The summed E-state index contributed by atoms with van der Waals surface area (Å²) in [6.07, 6.45) is 3.36. The number of methoxy groups -OCH3 is 1. The molecule has 0 N–H and O–H groups in total. The van der Waals surface area contributed by atoms with E-state index in [0.717, 1.165) is 21.1 Å². The number of alkyl halides is 1. The third-order valence-corrected chi connectivity index (χ3v) is 4.59. The first-order valence-corrected chi connectivity index (χ1v) is 7.55. The van der Waals surface area contributed by atoms with Gasteiger partial charge in [0, 0.05) is 6.20 Å². The van der Waals surface area contributed by atoms with Crippen molar-refractivity contribution in [2.75, 3.05) is 7.11 Å². The number of pyridine rings is 1.